The summed E-state index contributed by atoms with van der Waals surface area (Å²) in [5, 5.41) is 1.87. The molecule has 0 aliphatic carbocycles. The number of hydrogen-bond acceptors (Lipinski definition) is 4. The SMILES string of the molecule is CC1(C)CCN(C(=O)c2sccc2N)CCS1. The third-order valence-electron chi connectivity index (χ3n) is 3.01. The lowest BCUT2D eigenvalue weighted by atomic mass is 10.1. The molecule has 2 N–H and O–H groups in total. The molecule has 0 unspecified atom stereocenters. The van der Waals surface area contributed by atoms with Crippen molar-refractivity contribution in [3.05, 3.63) is 16.3 Å². The second-order valence-corrected chi connectivity index (χ2v) is 7.57. The molecule has 2 heterocycles. The second kappa shape index (κ2) is 4.90. The van der Waals surface area contributed by atoms with Crippen molar-refractivity contribution in [1.82, 2.24) is 4.90 Å². The molecule has 0 aromatic carbocycles. The molecule has 2 rings (SSSR count). The van der Waals surface area contributed by atoms with Crippen LogP contribution in [0.15, 0.2) is 11.4 Å². The largest absolute Gasteiger partial charge is 0.397 e. The van der Waals surface area contributed by atoms with Gasteiger partial charge < -0.3 is 10.6 Å². The summed E-state index contributed by atoms with van der Waals surface area (Å²) < 4.78 is 0.274. The van der Waals surface area contributed by atoms with Crippen molar-refractivity contribution >= 4 is 34.7 Å². The Labute approximate surface area is 110 Å². The molecule has 1 aliphatic rings. The summed E-state index contributed by atoms with van der Waals surface area (Å²) >= 11 is 3.38. The average molecular weight is 270 g/mol. The summed E-state index contributed by atoms with van der Waals surface area (Å²) in [5.41, 5.74) is 6.41. The first-order chi connectivity index (χ1) is 7.99. The number of carbonyl (C=O) groups is 1. The molecule has 1 saturated heterocycles. The van der Waals surface area contributed by atoms with Crippen LogP contribution in [0.2, 0.25) is 0 Å². The van der Waals surface area contributed by atoms with Gasteiger partial charge in [0.2, 0.25) is 0 Å². The van der Waals surface area contributed by atoms with Gasteiger partial charge >= 0.3 is 0 Å². The van der Waals surface area contributed by atoms with Crippen LogP contribution in [0.25, 0.3) is 0 Å². The Morgan fingerprint density at radius 1 is 1.47 bits per heavy atom. The van der Waals surface area contributed by atoms with Gasteiger partial charge in [0.1, 0.15) is 4.88 Å². The molecule has 0 atom stereocenters. The van der Waals surface area contributed by atoms with E-state index in [9.17, 15) is 4.79 Å². The van der Waals surface area contributed by atoms with Gasteiger partial charge in [0.05, 0.1) is 5.69 Å². The molecule has 1 fully saturated rings. The Morgan fingerprint density at radius 3 is 2.88 bits per heavy atom. The first kappa shape index (κ1) is 12.8. The van der Waals surface area contributed by atoms with Crippen molar-refractivity contribution in [3.63, 3.8) is 0 Å². The van der Waals surface area contributed by atoms with E-state index in [1.54, 1.807) is 6.07 Å². The number of amides is 1. The standard InChI is InChI=1S/C12H18N2OS2/c1-12(2)4-5-14(6-8-17-12)11(15)10-9(13)3-7-16-10/h3,7H,4-6,8,13H2,1-2H3. The highest BCUT2D eigenvalue weighted by atomic mass is 32.2. The summed E-state index contributed by atoms with van der Waals surface area (Å²) in [6.07, 6.45) is 1.04. The number of carbonyl (C=O) groups excluding carboxylic acids is 1. The Kier molecular flexibility index (Phi) is 3.68. The fraction of sp³-hybridized carbons (Fsp3) is 0.583. The summed E-state index contributed by atoms with van der Waals surface area (Å²) in [7, 11) is 0. The van der Waals surface area contributed by atoms with E-state index in [-0.39, 0.29) is 10.7 Å². The maximum absolute atomic E-state index is 12.3. The number of anilines is 1. The van der Waals surface area contributed by atoms with Crippen molar-refractivity contribution in [2.75, 3.05) is 24.6 Å². The predicted molar refractivity (Wildman–Crippen MR) is 75.8 cm³/mol. The van der Waals surface area contributed by atoms with Crippen LogP contribution in [-0.2, 0) is 0 Å². The minimum Gasteiger partial charge on any atom is -0.397 e. The van der Waals surface area contributed by atoms with Gasteiger partial charge in [-0.1, -0.05) is 13.8 Å². The summed E-state index contributed by atoms with van der Waals surface area (Å²) in [6.45, 7) is 6.14. The van der Waals surface area contributed by atoms with Crippen molar-refractivity contribution in [2.24, 2.45) is 0 Å². The van der Waals surface area contributed by atoms with E-state index in [2.05, 4.69) is 13.8 Å². The molecular weight excluding hydrogens is 252 g/mol. The quantitative estimate of drug-likeness (QED) is 0.853. The highest BCUT2D eigenvalue weighted by Crippen LogP contribution is 2.31. The maximum Gasteiger partial charge on any atom is 0.266 e. The number of thiophene rings is 1. The lowest BCUT2D eigenvalue weighted by Crippen LogP contribution is -2.33. The van der Waals surface area contributed by atoms with Crippen LogP contribution < -0.4 is 5.73 Å². The first-order valence-electron chi connectivity index (χ1n) is 5.76. The Hall–Kier alpha value is -0.680. The van der Waals surface area contributed by atoms with Crippen molar-refractivity contribution < 1.29 is 4.79 Å². The van der Waals surface area contributed by atoms with Gasteiger partial charge in [-0.05, 0) is 17.9 Å². The third kappa shape index (κ3) is 2.96. The second-order valence-electron chi connectivity index (χ2n) is 4.86. The summed E-state index contributed by atoms with van der Waals surface area (Å²) in [6, 6.07) is 1.80. The number of hydrogen-bond donors (Lipinski definition) is 1. The lowest BCUT2D eigenvalue weighted by Gasteiger charge is -2.22. The fourth-order valence-electron chi connectivity index (χ4n) is 1.86. The molecule has 94 valence electrons. The smallest absolute Gasteiger partial charge is 0.266 e. The van der Waals surface area contributed by atoms with Crippen molar-refractivity contribution in [2.45, 2.75) is 25.0 Å². The molecule has 1 aliphatic heterocycles. The van der Waals surface area contributed by atoms with E-state index in [1.165, 1.54) is 11.3 Å². The molecule has 1 aromatic heterocycles. The number of nitrogens with zero attached hydrogens (tertiary/aromatic N) is 1. The summed E-state index contributed by atoms with van der Waals surface area (Å²) in [4.78, 5) is 14.9. The monoisotopic (exact) mass is 270 g/mol. The molecule has 3 nitrogen and oxygen atoms in total. The molecule has 0 radical (unpaired) electrons. The highest BCUT2D eigenvalue weighted by molar-refractivity contribution is 8.00. The topological polar surface area (TPSA) is 46.3 Å². The van der Waals surface area contributed by atoms with Gasteiger partial charge in [0.25, 0.3) is 5.91 Å². The van der Waals surface area contributed by atoms with Crippen LogP contribution in [-0.4, -0.2) is 34.4 Å². The van der Waals surface area contributed by atoms with Gasteiger partial charge in [0, 0.05) is 23.6 Å². The van der Waals surface area contributed by atoms with Crippen LogP contribution in [0.1, 0.15) is 29.9 Å². The van der Waals surface area contributed by atoms with Crippen molar-refractivity contribution in [1.29, 1.82) is 0 Å². The minimum absolute atomic E-state index is 0.0933. The molecule has 0 bridgehead atoms. The average Bonchev–Trinajstić information content (AvgIpc) is 2.59. The number of rotatable bonds is 1. The van der Waals surface area contributed by atoms with Gasteiger partial charge in [-0.2, -0.15) is 11.8 Å². The number of thioether (sulfide) groups is 1. The van der Waals surface area contributed by atoms with E-state index in [1.807, 2.05) is 22.0 Å². The predicted octanol–water partition coefficient (Wildman–Crippen LogP) is 2.69. The number of nitrogen functional groups attached to an aromatic ring is 1. The van der Waals surface area contributed by atoms with E-state index < -0.39 is 0 Å². The van der Waals surface area contributed by atoms with Crippen LogP contribution >= 0.6 is 23.1 Å². The lowest BCUT2D eigenvalue weighted by molar-refractivity contribution is 0.0770. The Morgan fingerprint density at radius 2 is 2.24 bits per heavy atom. The van der Waals surface area contributed by atoms with Gasteiger partial charge in [-0.3, -0.25) is 4.79 Å². The molecule has 1 aromatic rings. The zero-order valence-corrected chi connectivity index (χ0v) is 11.9. The van der Waals surface area contributed by atoms with E-state index in [4.69, 9.17) is 5.73 Å². The number of nitrogens with two attached hydrogens (primary N) is 1. The van der Waals surface area contributed by atoms with Crippen molar-refractivity contribution in [3.8, 4) is 0 Å². The zero-order chi connectivity index (χ0) is 12.5. The minimum atomic E-state index is 0.0933. The van der Waals surface area contributed by atoms with E-state index in [0.29, 0.717) is 10.6 Å². The van der Waals surface area contributed by atoms with E-state index >= 15 is 0 Å². The van der Waals surface area contributed by atoms with Gasteiger partial charge in [-0.25, -0.2) is 0 Å². The molecule has 5 heteroatoms. The maximum atomic E-state index is 12.3. The molecular formula is C12H18N2OS2. The van der Waals surface area contributed by atoms with Gasteiger partial charge in [0.15, 0.2) is 0 Å². The fourth-order valence-corrected chi connectivity index (χ4v) is 3.74. The molecule has 0 saturated carbocycles. The normalized spacial score (nSPS) is 20.0. The Balaban J connectivity index is 2.08. The first-order valence-corrected chi connectivity index (χ1v) is 7.62. The van der Waals surface area contributed by atoms with Crippen LogP contribution in [0.4, 0.5) is 5.69 Å². The highest BCUT2D eigenvalue weighted by Gasteiger charge is 2.27. The molecule has 17 heavy (non-hydrogen) atoms. The molecule has 0 spiro atoms. The summed E-state index contributed by atoms with van der Waals surface area (Å²) in [5.74, 6) is 1.10. The van der Waals surface area contributed by atoms with Crippen LogP contribution in [0.3, 0.4) is 0 Å². The Bertz CT molecular complexity index is 414. The van der Waals surface area contributed by atoms with Crippen LogP contribution in [0.5, 0.6) is 0 Å². The van der Waals surface area contributed by atoms with Gasteiger partial charge in [-0.15, -0.1) is 11.3 Å². The third-order valence-corrected chi connectivity index (χ3v) is 5.31. The molecule has 1 amide bonds. The zero-order valence-electron chi connectivity index (χ0n) is 10.2. The van der Waals surface area contributed by atoms with Crippen LogP contribution in [0, 0.1) is 0 Å². The van der Waals surface area contributed by atoms with E-state index in [0.717, 1.165) is 25.3 Å².